The summed E-state index contributed by atoms with van der Waals surface area (Å²) >= 11 is 3.17. The summed E-state index contributed by atoms with van der Waals surface area (Å²) in [5, 5.41) is 2.88. The van der Waals surface area contributed by atoms with Crippen LogP contribution in [0.5, 0.6) is 0 Å². The van der Waals surface area contributed by atoms with Crippen LogP contribution in [0.25, 0.3) is 10.2 Å². The number of thiazole rings is 1. The Labute approximate surface area is 184 Å². The minimum Gasteiger partial charge on any atom is -0.322 e. The van der Waals surface area contributed by atoms with Gasteiger partial charge < -0.3 is 5.32 Å². The van der Waals surface area contributed by atoms with Gasteiger partial charge in [-0.25, -0.2) is 13.4 Å². The van der Waals surface area contributed by atoms with E-state index in [4.69, 9.17) is 0 Å². The van der Waals surface area contributed by atoms with Gasteiger partial charge in [-0.05, 0) is 68.5 Å². The number of rotatable bonds is 5. The van der Waals surface area contributed by atoms with Crippen molar-refractivity contribution in [2.75, 3.05) is 18.1 Å². The number of anilines is 1. The van der Waals surface area contributed by atoms with Crippen molar-refractivity contribution in [1.29, 1.82) is 0 Å². The van der Waals surface area contributed by atoms with Crippen LogP contribution in [0.1, 0.15) is 36.5 Å². The SMILES string of the molecule is CSc1nc2ccc(NC(=O)c3ccc(S(=O)(=O)N4CCCCC4C)cc3)cc2s1. The summed E-state index contributed by atoms with van der Waals surface area (Å²) in [6.07, 6.45) is 4.79. The molecular weight excluding hydrogens is 438 g/mol. The number of sulfonamides is 1. The monoisotopic (exact) mass is 461 g/mol. The molecule has 30 heavy (non-hydrogen) atoms. The van der Waals surface area contributed by atoms with Gasteiger partial charge in [0.15, 0.2) is 4.34 Å². The summed E-state index contributed by atoms with van der Waals surface area (Å²) in [6.45, 7) is 2.49. The Balaban J connectivity index is 1.50. The average Bonchev–Trinajstić information content (AvgIpc) is 3.16. The fourth-order valence-electron chi connectivity index (χ4n) is 3.61. The van der Waals surface area contributed by atoms with Gasteiger partial charge in [-0.15, -0.1) is 11.3 Å². The van der Waals surface area contributed by atoms with E-state index in [-0.39, 0.29) is 16.8 Å². The van der Waals surface area contributed by atoms with Gasteiger partial charge in [-0.1, -0.05) is 18.2 Å². The van der Waals surface area contributed by atoms with Crippen LogP contribution in [-0.2, 0) is 10.0 Å². The number of amides is 1. The summed E-state index contributed by atoms with van der Waals surface area (Å²) in [5.74, 6) is -0.278. The Morgan fingerprint density at radius 3 is 2.67 bits per heavy atom. The highest BCUT2D eigenvalue weighted by atomic mass is 32.2. The molecule has 158 valence electrons. The lowest BCUT2D eigenvalue weighted by molar-refractivity contribution is 0.102. The van der Waals surface area contributed by atoms with Crippen LogP contribution >= 0.6 is 23.1 Å². The topological polar surface area (TPSA) is 79.4 Å². The van der Waals surface area contributed by atoms with Gasteiger partial charge in [0, 0.05) is 23.8 Å². The quantitative estimate of drug-likeness (QED) is 0.550. The van der Waals surface area contributed by atoms with Crippen molar-refractivity contribution in [3.05, 3.63) is 48.0 Å². The molecule has 1 unspecified atom stereocenters. The van der Waals surface area contributed by atoms with Gasteiger partial charge in [-0.3, -0.25) is 4.79 Å². The van der Waals surface area contributed by atoms with Crippen molar-refractivity contribution in [3.63, 3.8) is 0 Å². The highest BCUT2D eigenvalue weighted by Crippen LogP contribution is 2.30. The molecule has 0 saturated carbocycles. The Kier molecular flexibility index (Phi) is 6.15. The first-order valence-electron chi connectivity index (χ1n) is 9.76. The number of hydrogen-bond acceptors (Lipinski definition) is 6. The number of fused-ring (bicyclic) bond motifs is 1. The molecule has 3 aromatic rings. The molecule has 0 spiro atoms. The van der Waals surface area contributed by atoms with Crippen molar-refractivity contribution in [3.8, 4) is 0 Å². The fourth-order valence-corrected chi connectivity index (χ4v) is 6.84. The zero-order valence-electron chi connectivity index (χ0n) is 16.8. The molecule has 1 fully saturated rings. The Morgan fingerprint density at radius 1 is 1.20 bits per heavy atom. The number of hydrogen-bond donors (Lipinski definition) is 1. The Morgan fingerprint density at radius 2 is 1.97 bits per heavy atom. The molecule has 2 aromatic carbocycles. The van der Waals surface area contributed by atoms with Crippen LogP contribution in [0.2, 0.25) is 0 Å². The van der Waals surface area contributed by atoms with Gasteiger partial charge in [0.05, 0.1) is 15.1 Å². The molecule has 6 nitrogen and oxygen atoms in total. The number of nitrogens with zero attached hydrogens (tertiary/aromatic N) is 2. The van der Waals surface area contributed by atoms with Gasteiger partial charge in [0.2, 0.25) is 10.0 Å². The molecule has 1 amide bonds. The lowest BCUT2D eigenvalue weighted by Gasteiger charge is -2.32. The maximum absolute atomic E-state index is 12.9. The molecule has 1 atom stereocenters. The lowest BCUT2D eigenvalue weighted by atomic mass is 10.1. The molecule has 0 bridgehead atoms. The number of nitrogens with one attached hydrogen (secondary N) is 1. The van der Waals surface area contributed by atoms with Crippen molar-refractivity contribution in [2.24, 2.45) is 0 Å². The summed E-state index contributed by atoms with van der Waals surface area (Å²) in [7, 11) is -3.54. The second-order valence-electron chi connectivity index (χ2n) is 7.31. The molecule has 0 aliphatic carbocycles. The molecule has 9 heteroatoms. The second-order valence-corrected chi connectivity index (χ2v) is 11.3. The van der Waals surface area contributed by atoms with E-state index >= 15 is 0 Å². The standard InChI is InChI=1S/C21H23N3O3S3/c1-14-5-3-4-12-24(14)30(26,27)17-9-6-15(7-10-17)20(25)22-16-8-11-18-19(13-16)29-21(23-18)28-2/h6-11,13-14H,3-5,12H2,1-2H3,(H,22,25). The van der Waals surface area contributed by atoms with E-state index in [9.17, 15) is 13.2 Å². The van der Waals surface area contributed by atoms with Crippen molar-refractivity contribution in [1.82, 2.24) is 9.29 Å². The van der Waals surface area contributed by atoms with Gasteiger partial charge in [-0.2, -0.15) is 4.31 Å². The zero-order chi connectivity index (χ0) is 21.3. The Hall–Kier alpha value is -1.94. The lowest BCUT2D eigenvalue weighted by Crippen LogP contribution is -2.41. The van der Waals surface area contributed by atoms with E-state index in [0.717, 1.165) is 33.8 Å². The highest BCUT2D eigenvalue weighted by molar-refractivity contribution is 8.00. The zero-order valence-corrected chi connectivity index (χ0v) is 19.2. The van der Waals surface area contributed by atoms with Gasteiger partial charge in [0.1, 0.15) is 0 Å². The molecule has 0 radical (unpaired) electrons. The van der Waals surface area contributed by atoms with E-state index in [2.05, 4.69) is 10.3 Å². The normalized spacial score (nSPS) is 17.9. The van der Waals surface area contributed by atoms with E-state index in [1.54, 1.807) is 39.5 Å². The molecule has 1 aliphatic heterocycles. The van der Waals surface area contributed by atoms with Crippen LogP contribution in [-0.4, -0.2) is 42.5 Å². The van der Waals surface area contributed by atoms with Crippen molar-refractivity contribution in [2.45, 2.75) is 41.5 Å². The van der Waals surface area contributed by atoms with E-state index in [1.807, 2.05) is 31.4 Å². The summed E-state index contributed by atoms with van der Waals surface area (Å²) in [4.78, 5) is 17.4. The molecule has 4 rings (SSSR count). The summed E-state index contributed by atoms with van der Waals surface area (Å²) in [5.41, 5.74) is 2.00. The van der Waals surface area contributed by atoms with Crippen LogP contribution in [0.15, 0.2) is 51.7 Å². The first-order chi connectivity index (χ1) is 14.4. The molecule has 1 saturated heterocycles. The van der Waals surface area contributed by atoms with Gasteiger partial charge >= 0.3 is 0 Å². The van der Waals surface area contributed by atoms with Gasteiger partial charge in [0.25, 0.3) is 5.91 Å². The maximum Gasteiger partial charge on any atom is 0.255 e. The predicted molar refractivity (Wildman–Crippen MR) is 123 cm³/mol. The largest absolute Gasteiger partial charge is 0.322 e. The second kappa shape index (κ2) is 8.66. The third-order valence-corrected chi connectivity index (χ3v) is 9.30. The van der Waals surface area contributed by atoms with Crippen LogP contribution in [0, 0.1) is 0 Å². The fraction of sp³-hybridized carbons (Fsp3) is 0.333. The number of aromatic nitrogens is 1. The maximum atomic E-state index is 12.9. The average molecular weight is 462 g/mol. The highest BCUT2D eigenvalue weighted by Gasteiger charge is 2.30. The Bertz CT molecular complexity index is 1170. The molecule has 1 aliphatic rings. The first-order valence-corrected chi connectivity index (χ1v) is 13.2. The number of thioether (sulfide) groups is 1. The summed E-state index contributed by atoms with van der Waals surface area (Å²) < 4.78 is 29.4. The number of benzene rings is 2. The smallest absolute Gasteiger partial charge is 0.255 e. The van der Waals surface area contributed by atoms with Crippen molar-refractivity contribution < 1.29 is 13.2 Å². The van der Waals surface area contributed by atoms with Crippen molar-refractivity contribution >= 4 is 54.9 Å². The predicted octanol–water partition coefficient (Wildman–Crippen LogP) is 4.83. The van der Waals surface area contributed by atoms with E-state index in [0.29, 0.717) is 17.8 Å². The van der Waals surface area contributed by atoms with Crippen LogP contribution in [0.4, 0.5) is 5.69 Å². The molecular formula is C21H23N3O3S3. The number of piperidine rings is 1. The van der Waals surface area contributed by atoms with E-state index in [1.165, 1.54) is 12.1 Å². The summed E-state index contributed by atoms with van der Waals surface area (Å²) in [6, 6.07) is 11.8. The third-order valence-electron chi connectivity index (χ3n) is 5.27. The molecule has 1 aromatic heterocycles. The minimum absolute atomic E-state index is 0.00000720. The molecule has 2 heterocycles. The number of carbonyl (C=O) groups excluding carboxylic acids is 1. The first kappa shape index (κ1) is 21.3. The number of carbonyl (C=O) groups is 1. The van der Waals surface area contributed by atoms with Crippen LogP contribution in [0.3, 0.4) is 0 Å². The van der Waals surface area contributed by atoms with Crippen LogP contribution < -0.4 is 5.32 Å². The third kappa shape index (κ3) is 4.25. The van der Waals surface area contributed by atoms with E-state index < -0.39 is 10.0 Å². The molecule has 1 N–H and O–H groups in total. The minimum atomic E-state index is -3.54.